The first kappa shape index (κ1) is 26.7. The summed E-state index contributed by atoms with van der Waals surface area (Å²) in [5.74, 6) is -0.467. The summed E-state index contributed by atoms with van der Waals surface area (Å²) in [6.07, 6.45) is 4.79. The van der Waals surface area contributed by atoms with Crippen molar-refractivity contribution >= 4 is 17.9 Å². The summed E-state index contributed by atoms with van der Waals surface area (Å²) in [4.78, 5) is 40.7. The molecule has 2 unspecified atom stereocenters. The number of alkyl carbamates (subject to hydrolysis) is 1. The van der Waals surface area contributed by atoms with Crippen LogP contribution in [0.25, 0.3) is 0 Å². The molecule has 0 aromatic heterocycles. The quantitative estimate of drug-likeness (QED) is 0.539. The largest absolute Gasteiger partial charge is 0.444 e. The van der Waals surface area contributed by atoms with Gasteiger partial charge in [-0.05, 0) is 70.9 Å². The van der Waals surface area contributed by atoms with Crippen LogP contribution in [0.5, 0.6) is 0 Å². The van der Waals surface area contributed by atoms with Gasteiger partial charge in [-0.2, -0.15) is 0 Å². The van der Waals surface area contributed by atoms with Gasteiger partial charge in [0.1, 0.15) is 18.2 Å². The van der Waals surface area contributed by atoms with Crippen molar-refractivity contribution < 1.29 is 19.1 Å². The lowest BCUT2D eigenvalue weighted by atomic mass is 9.88. The number of nitrogens with one attached hydrogen (secondary N) is 2. The summed E-state index contributed by atoms with van der Waals surface area (Å²) in [5, 5.41) is 5.66. The third kappa shape index (κ3) is 8.06. The Bertz CT molecular complexity index is 797. The van der Waals surface area contributed by atoms with Crippen LogP contribution in [0.2, 0.25) is 0 Å². The Morgan fingerprint density at radius 1 is 1.12 bits per heavy atom. The van der Waals surface area contributed by atoms with Crippen LogP contribution in [0.4, 0.5) is 4.79 Å². The SMILES string of the molecule is CCCC(C)NC(=O)C(c1ccc(CC)cc1)N(C(=O)CNC(=O)OC(C)(C)C)C1CCC1. The van der Waals surface area contributed by atoms with Crippen molar-refractivity contribution in [3.8, 4) is 0 Å². The van der Waals surface area contributed by atoms with Gasteiger partial charge in [0.15, 0.2) is 0 Å². The third-order valence-electron chi connectivity index (χ3n) is 5.88. The standard InChI is InChI=1S/C26H41N3O4/c1-7-10-18(3)28-24(31)23(20-15-13-19(8-2)14-16-20)29(21-11-9-12-21)22(30)17-27-25(32)33-26(4,5)6/h13-16,18,21,23H,7-12,17H2,1-6H3,(H,27,32)(H,28,31). The molecule has 0 saturated heterocycles. The van der Waals surface area contributed by atoms with E-state index in [1.165, 1.54) is 5.56 Å². The average Bonchev–Trinajstić information content (AvgIpc) is 2.69. The van der Waals surface area contributed by atoms with Crippen LogP contribution in [0.3, 0.4) is 0 Å². The maximum Gasteiger partial charge on any atom is 0.408 e. The van der Waals surface area contributed by atoms with Gasteiger partial charge in [-0.15, -0.1) is 0 Å². The summed E-state index contributed by atoms with van der Waals surface area (Å²) in [7, 11) is 0. The van der Waals surface area contributed by atoms with Gasteiger partial charge >= 0.3 is 6.09 Å². The molecule has 0 radical (unpaired) electrons. The Morgan fingerprint density at radius 3 is 2.24 bits per heavy atom. The number of ether oxygens (including phenoxy) is 1. The molecule has 0 aliphatic heterocycles. The van der Waals surface area contributed by atoms with Crippen LogP contribution < -0.4 is 10.6 Å². The van der Waals surface area contributed by atoms with E-state index in [4.69, 9.17) is 4.74 Å². The van der Waals surface area contributed by atoms with Crippen molar-refractivity contribution in [3.05, 3.63) is 35.4 Å². The predicted octanol–water partition coefficient (Wildman–Crippen LogP) is 4.50. The number of hydrogen-bond donors (Lipinski definition) is 2. The zero-order valence-electron chi connectivity index (χ0n) is 21.1. The van der Waals surface area contributed by atoms with Crippen molar-refractivity contribution in [1.82, 2.24) is 15.5 Å². The number of benzene rings is 1. The number of carbonyl (C=O) groups is 3. The van der Waals surface area contributed by atoms with Crippen LogP contribution >= 0.6 is 0 Å². The van der Waals surface area contributed by atoms with Crippen LogP contribution in [-0.2, 0) is 20.7 Å². The molecule has 2 N–H and O–H groups in total. The Labute approximate surface area is 198 Å². The van der Waals surface area contributed by atoms with Crippen molar-refractivity contribution in [1.29, 1.82) is 0 Å². The van der Waals surface area contributed by atoms with E-state index >= 15 is 0 Å². The molecule has 1 fully saturated rings. The number of rotatable bonds is 10. The lowest BCUT2D eigenvalue weighted by molar-refractivity contribution is -0.145. The van der Waals surface area contributed by atoms with Crippen LogP contribution in [-0.4, -0.2) is 47.0 Å². The number of carbonyl (C=O) groups excluding carboxylic acids is 3. The molecule has 7 nitrogen and oxygen atoms in total. The summed E-state index contributed by atoms with van der Waals surface area (Å²) in [6, 6.07) is 7.13. The number of hydrogen-bond acceptors (Lipinski definition) is 4. The molecule has 2 rings (SSSR count). The first-order valence-electron chi connectivity index (χ1n) is 12.2. The van der Waals surface area contributed by atoms with Crippen molar-refractivity contribution in [2.45, 2.75) is 104 Å². The average molecular weight is 460 g/mol. The summed E-state index contributed by atoms with van der Waals surface area (Å²) >= 11 is 0. The van der Waals surface area contributed by atoms with Gasteiger partial charge in [0, 0.05) is 12.1 Å². The van der Waals surface area contributed by atoms with E-state index in [9.17, 15) is 14.4 Å². The molecule has 1 aliphatic carbocycles. The molecule has 33 heavy (non-hydrogen) atoms. The van der Waals surface area contributed by atoms with E-state index in [-0.39, 0.29) is 30.4 Å². The molecule has 1 aromatic carbocycles. The van der Waals surface area contributed by atoms with E-state index in [0.717, 1.165) is 44.1 Å². The van der Waals surface area contributed by atoms with Gasteiger partial charge in [-0.25, -0.2) is 4.79 Å². The van der Waals surface area contributed by atoms with E-state index in [1.54, 1.807) is 25.7 Å². The highest BCUT2D eigenvalue weighted by atomic mass is 16.6. The molecular formula is C26H41N3O4. The van der Waals surface area contributed by atoms with Gasteiger partial charge in [0.25, 0.3) is 0 Å². The van der Waals surface area contributed by atoms with Crippen molar-refractivity contribution in [2.24, 2.45) is 0 Å². The second-order valence-corrected chi connectivity index (χ2v) is 9.94. The van der Waals surface area contributed by atoms with Crippen LogP contribution in [0, 0.1) is 0 Å². The minimum absolute atomic E-state index is 0.0122. The first-order valence-corrected chi connectivity index (χ1v) is 12.2. The fourth-order valence-electron chi connectivity index (χ4n) is 3.98. The lowest BCUT2D eigenvalue weighted by Gasteiger charge is -2.42. The van der Waals surface area contributed by atoms with Gasteiger partial charge in [-0.3, -0.25) is 9.59 Å². The zero-order chi connectivity index (χ0) is 24.6. The smallest absolute Gasteiger partial charge is 0.408 e. The molecule has 0 bridgehead atoms. The Hall–Kier alpha value is -2.57. The second kappa shape index (κ2) is 12.1. The zero-order valence-corrected chi connectivity index (χ0v) is 21.1. The maximum absolute atomic E-state index is 13.5. The Kier molecular flexibility index (Phi) is 9.74. The molecule has 0 spiro atoms. The monoisotopic (exact) mass is 459 g/mol. The van der Waals surface area contributed by atoms with Crippen LogP contribution in [0.15, 0.2) is 24.3 Å². The van der Waals surface area contributed by atoms with Crippen molar-refractivity contribution in [2.75, 3.05) is 6.54 Å². The normalized spacial score (nSPS) is 15.7. The van der Waals surface area contributed by atoms with Gasteiger partial charge in [-0.1, -0.05) is 44.5 Å². The molecule has 0 heterocycles. The number of amides is 3. The summed E-state index contributed by atoms with van der Waals surface area (Å²) in [5.41, 5.74) is 1.30. The van der Waals surface area contributed by atoms with Gasteiger partial charge in [0.2, 0.25) is 11.8 Å². The maximum atomic E-state index is 13.5. The van der Waals surface area contributed by atoms with Gasteiger partial charge < -0.3 is 20.3 Å². The molecule has 1 aliphatic rings. The van der Waals surface area contributed by atoms with E-state index < -0.39 is 17.7 Å². The summed E-state index contributed by atoms with van der Waals surface area (Å²) < 4.78 is 5.27. The van der Waals surface area contributed by atoms with Gasteiger partial charge in [0.05, 0.1) is 0 Å². The highest BCUT2D eigenvalue weighted by Crippen LogP contribution is 2.33. The first-order chi connectivity index (χ1) is 15.6. The van der Waals surface area contributed by atoms with E-state index in [1.807, 2.05) is 31.2 Å². The molecule has 184 valence electrons. The van der Waals surface area contributed by atoms with E-state index in [2.05, 4.69) is 24.5 Å². The molecule has 1 saturated carbocycles. The predicted molar refractivity (Wildman–Crippen MR) is 130 cm³/mol. The van der Waals surface area contributed by atoms with E-state index in [0.29, 0.717) is 0 Å². The molecule has 2 atom stereocenters. The van der Waals surface area contributed by atoms with Crippen LogP contribution in [0.1, 0.15) is 90.8 Å². The molecule has 7 heteroatoms. The van der Waals surface area contributed by atoms with Crippen molar-refractivity contribution in [3.63, 3.8) is 0 Å². The highest BCUT2D eigenvalue weighted by molar-refractivity contribution is 5.90. The summed E-state index contributed by atoms with van der Waals surface area (Å²) in [6.45, 7) is 11.2. The molecule has 1 aromatic rings. The third-order valence-corrected chi connectivity index (χ3v) is 5.88. The highest BCUT2D eigenvalue weighted by Gasteiger charge is 2.39. The second-order valence-electron chi connectivity index (χ2n) is 9.94. The number of aryl methyl sites for hydroxylation is 1. The Morgan fingerprint density at radius 2 is 1.76 bits per heavy atom. The minimum Gasteiger partial charge on any atom is -0.444 e. The lowest BCUT2D eigenvalue weighted by Crippen LogP contribution is -2.54. The minimum atomic E-state index is -0.742. The fraction of sp³-hybridized carbons (Fsp3) is 0.654. The molecule has 3 amide bonds. The fourth-order valence-corrected chi connectivity index (χ4v) is 3.98. The molecular weight excluding hydrogens is 418 g/mol. The number of nitrogens with zero attached hydrogens (tertiary/aromatic N) is 1. The topological polar surface area (TPSA) is 87.7 Å². The Balaban J connectivity index is 2.29.